The Labute approximate surface area is 123 Å². The van der Waals surface area contributed by atoms with E-state index in [0.717, 1.165) is 16.5 Å². The molecule has 0 saturated carbocycles. The Morgan fingerprint density at radius 3 is 2.84 bits per heavy atom. The van der Waals surface area contributed by atoms with Gasteiger partial charge >= 0.3 is 0 Å². The number of amides is 1. The van der Waals surface area contributed by atoms with Gasteiger partial charge in [0.2, 0.25) is 5.91 Å². The molecule has 1 aromatic rings. The summed E-state index contributed by atoms with van der Waals surface area (Å²) in [4.78, 5) is 16.2. The number of thiazole rings is 1. The number of aryl methyl sites for hydroxylation is 1. The molecule has 1 aromatic heterocycles. The number of carbonyl (C=O) groups excluding carboxylic acids is 1. The Hall–Kier alpha value is -0.590. The van der Waals surface area contributed by atoms with Crippen LogP contribution in [-0.4, -0.2) is 34.4 Å². The van der Waals surface area contributed by atoms with Crippen LogP contribution >= 0.6 is 23.1 Å². The zero-order valence-electron chi connectivity index (χ0n) is 11.7. The van der Waals surface area contributed by atoms with Crippen molar-refractivity contribution in [2.75, 3.05) is 12.4 Å². The van der Waals surface area contributed by atoms with Crippen molar-refractivity contribution < 1.29 is 9.90 Å². The van der Waals surface area contributed by atoms with E-state index in [1.807, 2.05) is 26.2 Å². The minimum Gasteiger partial charge on any atom is -0.396 e. The number of aromatic nitrogens is 1. The van der Waals surface area contributed by atoms with Gasteiger partial charge in [-0.2, -0.15) is 0 Å². The summed E-state index contributed by atoms with van der Waals surface area (Å²) in [6.07, 6.45) is 0.610. The van der Waals surface area contributed by atoms with Gasteiger partial charge in [-0.15, -0.1) is 23.1 Å². The number of carbonyl (C=O) groups is 1. The monoisotopic (exact) mass is 302 g/mol. The third kappa shape index (κ3) is 6.40. The van der Waals surface area contributed by atoms with E-state index >= 15 is 0 Å². The van der Waals surface area contributed by atoms with Crippen molar-refractivity contribution >= 4 is 29.0 Å². The Morgan fingerprint density at radius 2 is 2.32 bits per heavy atom. The molecule has 0 aliphatic heterocycles. The molecular formula is C13H22N2O2S2. The van der Waals surface area contributed by atoms with Crippen molar-refractivity contribution in [3.8, 4) is 0 Å². The van der Waals surface area contributed by atoms with Gasteiger partial charge < -0.3 is 10.4 Å². The highest BCUT2D eigenvalue weighted by molar-refractivity contribution is 7.99. The standard InChI is InChI=1S/C13H22N2O2S2/c1-9(2)12(4-5-16)15-13(17)8-18-6-11-7-19-10(3)14-11/h7,9,12,16H,4-6,8H2,1-3H3,(H,15,17). The van der Waals surface area contributed by atoms with Gasteiger partial charge in [-0.25, -0.2) is 4.98 Å². The molecule has 1 rings (SSSR count). The summed E-state index contributed by atoms with van der Waals surface area (Å²) in [5.41, 5.74) is 1.04. The summed E-state index contributed by atoms with van der Waals surface area (Å²) in [6.45, 7) is 6.18. The summed E-state index contributed by atoms with van der Waals surface area (Å²) in [5, 5.41) is 15.0. The van der Waals surface area contributed by atoms with Gasteiger partial charge in [-0.05, 0) is 19.3 Å². The van der Waals surface area contributed by atoms with E-state index in [2.05, 4.69) is 10.3 Å². The van der Waals surface area contributed by atoms with Crippen LogP contribution in [0.5, 0.6) is 0 Å². The topological polar surface area (TPSA) is 62.2 Å². The zero-order valence-corrected chi connectivity index (χ0v) is 13.3. The maximum Gasteiger partial charge on any atom is 0.230 e. The Bertz CT molecular complexity index is 394. The smallest absolute Gasteiger partial charge is 0.230 e. The Balaban J connectivity index is 2.26. The molecule has 0 saturated heterocycles. The molecule has 4 nitrogen and oxygen atoms in total. The predicted molar refractivity (Wildman–Crippen MR) is 81.5 cm³/mol. The van der Waals surface area contributed by atoms with Crippen LogP contribution in [0, 0.1) is 12.8 Å². The molecular weight excluding hydrogens is 280 g/mol. The van der Waals surface area contributed by atoms with Crippen LogP contribution in [0.25, 0.3) is 0 Å². The van der Waals surface area contributed by atoms with Crippen molar-refractivity contribution in [1.29, 1.82) is 0 Å². The molecule has 6 heteroatoms. The Kier molecular flexibility index (Phi) is 7.41. The lowest BCUT2D eigenvalue weighted by atomic mass is 10.0. The second kappa shape index (κ2) is 8.55. The number of nitrogens with one attached hydrogen (secondary N) is 1. The number of hydrogen-bond donors (Lipinski definition) is 2. The largest absolute Gasteiger partial charge is 0.396 e. The lowest BCUT2D eigenvalue weighted by Crippen LogP contribution is -2.40. The van der Waals surface area contributed by atoms with Crippen LogP contribution in [0.2, 0.25) is 0 Å². The third-order valence-corrected chi connectivity index (χ3v) is 4.53. The fourth-order valence-corrected chi connectivity index (χ4v) is 3.13. The highest BCUT2D eigenvalue weighted by Crippen LogP contribution is 2.15. The number of rotatable bonds is 8. The molecule has 108 valence electrons. The van der Waals surface area contributed by atoms with Gasteiger partial charge in [-0.1, -0.05) is 13.8 Å². The molecule has 0 fully saturated rings. The molecule has 19 heavy (non-hydrogen) atoms. The summed E-state index contributed by atoms with van der Waals surface area (Å²) >= 11 is 3.20. The predicted octanol–water partition coefficient (Wildman–Crippen LogP) is 2.21. The second-order valence-corrected chi connectivity index (χ2v) is 6.83. The number of thioether (sulfide) groups is 1. The van der Waals surface area contributed by atoms with Crippen molar-refractivity contribution in [1.82, 2.24) is 10.3 Å². The molecule has 0 radical (unpaired) electrons. The highest BCUT2D eigenvalue weighted by Gasteiger charge is 2.15. The normalized spacial score (nSPS) is 12.7. The molecule has 0 aliphatic rings. The third-order valence-electron chi connectivity index (χ3n) is 2.74. The first kappa shape index (κ1) is 16.5. The van der Waals surface area contributed by atoms with Gasteiger partial charge in [0.1, 0.15) is 0 Å². The van der Waals surface area contributed by atoms with Crippen molar-refractivity contribution in [3.05, 3.63) is 16.1 Å². The van der Waals surface area contributed by atoms with E-state index in [1.165, 1.54) is 0 Å². The lowest BCUT2D eigenvalue weighted by molar-refractivity contribution is -0.119. The van der Waals surface area contributed by atoms with Gasteiger partial charge in [0.05, 0.1) is 16.5 Å². The first-order chi connectivity index (χ1) is 9.02. The van der Waals surface area contributed by atoms with Crippen LogP contribution in [0.4, 0.5) is 0 Å². The molecule has 0 spiro atoms. The molecule has 0 bridgehead atoms. The molecule has 1 atom stereocenters. The van der Waals surface area contributed by atoms with Gasteiger partial charge in [-0.3, -0.25) is 4.79 Å². The zero-order chi connectivity index (χ0) is 14.3. The summed E-state index contributed by atoms with van der Waals surface area (Å²) < 4.78 is 0. The van der Waals surface area contributed by atoms with Crippen molar-refractivity contribution in [2.45, 2.75) is 39.0 Å². The summed E-state index contributed by atoms with van der Waals surface area (Å²) in [6, 6.07) is 0.0552. The first-order valence-corrected chi connectivity index (χ1v) is 8.45. The van der Waals surface area contributed by atoms with E-state index in [0.29, 0.717) is 18.1 Å². The number of hydrogen-bond acceptors (Lipinski definition) is 5. The van der Waals surface area contributed by atoms with Crippen molar-refractivity contribution in [3.63, 3.8) is 0 Å². The van der Waals surface area contributed by atoms with Gasteiger partial charge in [0.15, 0.2) is 0 Å². The van der Waals surface area contributed by atoms with E-state index in [-0.39, 0.29) is 18.6 Å². The fourth-order valence-electron chi connectivity index (χ4n) is 1.68. The van der Waals surface area contributed by atoms with Crippen molar-refractivity contribution in [2.24, 2.45) is 5.92 Å². The number of aliphatic hydroxyl groups excluding tert-OH is 1. The lowest BCUT2D eigenvalue weighted by Gasteiger charge is -2.21. The summed E-state index contributed by atoms with van der Waals surface area (Å²) in [5.74, 6) is 1.57. The highest BCUT2D eigenvalue weighted by atomic mass is 32.2. The van der Waals surface area contributed by atoms with Gasteiger partial charge in [0, 0.05) is 23.8 Å². The number of aliphatic hydroxyl groups is 1. The maximum absolute atomic E-state index is 11.8. The average molecular weight is 302 g/mol. The second-order valence-electron chi connectivity index (χ2n) is 4.78. The molecule has 1 heterocycles. The molecule has 2 N–H and O–H groups in total. The quantitative estimate of drug-likeness (QED) is 0.773. The SMILES string of the molecule is Cc1nc(CSCC(=O)NC(CCO)C(C)C)cs1. The first-order valence-electron chi connectivity index (χ1n) is 6.42. The van der Waals surface area contributed by atoms with E-state index in [9.17, 15) is 4.79 Å². The minimum absolute atomic E-state index is 0.0316. The number of nitrogens with zero attached hydrogens (tertiary/aromatic N) is 1. The van der Waals surface area contributed by atoms with Crippen LogP contribution in [-0.2, 0) is 10.5 Å². The molecule has 1 unspecified atom stereocenters. The van der Waals surface area contributed by atoms with Crippen LogP contribution in [0.3, 0.4) is 0 Å². The van der Waals surface area contributed by atoms with Gasteiger partial charge in [0.25, 0.3) is 0 Å². The van der Waals surface area contributed by atoms with E-state index < -0.39 is 0 Å². The Morgan fingerprint density at radius 1 is 1.58 bits per heavy atom. The maximum atomic E-state index is 11.8. The fraction of sp³-hybridized carbons (Fsp3) is 0.692. The van der Waals surface area contributed by atoms with Crippen LogP contribution in [0.15, 0.2) is 5.38 Å². The minimum atomic E-state index is 0.0316. The summed E-state index contributed by atoms with van der Waals surface area (Å²) in [7, 11) is 0. The average Bonchev–Trinajstić information content (AvgIpc) is 2.74. The van der Waals surface area contributed by atoms with Crippen LogP contribution in [0.1, 0.15) is 31.0 Å². The van der Waals surface area contributed by atoms with E-state index in [1.54, 1.807) is 23.1 Å². The van der Waals surface area contributed by atoms with E-state index in [4.69, 9.17) is 5.11 Å². The molecule has 0 aliphatic carbocycles. The van der Waals surface area contributed by atoms with Crippen LogP contribution < -0.4 is 5.32 Å². The molecule has 1 amide bonds. The molecule has 0 aromatic carbocycles.